The summed E-state index contributed by atoms with van der Waals surface area (Å²) in [7, 11) is 0. The number of thiazole rings is 1. The van der Waals surface area contributed by atoms with E-state index >= 15 is 0 Å². The zero-order valence-corrected chi connectivity index (χ0v) is 18.7. The molecule has 160 valence electrons. The minimum absolute atomic E-state index is 0.0468. The average molecular weight is 455 g/mol. The van der Waals surface area contributed by atoms with Gasteiger partial charge in [-0.05, 0) is 43.5 Å². The maximum absolute atomic E-state index is 13.2. The fourth-order valence-electron chi connectivity index (χ4n) is 3.70. The molecule has 8 heteroatoms. The standard InChI is InChI=1S/C23H23ClN4O2S/c1-15-20(31-22(27-15)17-7-4-10-25-12-17)23(30)28-11-5-8-18(14-28)21(29)26-13-16-6-2-3-9-19(16)24/h2-4,6-7,9-10,12,18H,5,8,11,13-14H2,1H3,(H,26,29). The second kappa shape index (κ2) is 9.58. The molecule has 0 radical (unpaired) electrons. The molecular formula is C23H23ClN4O2S. The zero-order valence-electron chi connectivity index (χ0n) is 17.2. The first-order valence-electron chi connectivity index (χ1n) is 10.2. The van der Waals surface area contributed by atoms with E-state index < -0.39 is 0 Å². The van der Waals surface area contributed by atoms with Crippen molar-refractivity contribution in [3.8, 4) is 10.6 Å². The van der Waals surface area contributed by atoms with Gasteiger partial charge in [-0.3, -0.25) is 14.6 Å². The molecule has 6 nitrogen and oxygen atoms in total. The van der Waals surface area contributed by atoms with Gasteiger partial charge in [0.1, 0.15) is 9.88 Å². The third kappa shape index (κ3) is 4.94. The van der Waals surface area contributed by atoms with E-state index in [1.165, 1.54) is 11.3 Å². The first-order valence-corrected chi connectivity index (χ1v) is 11.4. The van der Waals surface area contributed by atoms with Crippen LogP contribution in [0.25, 0.3) is 10.6 Å². The summed E-state index contributed by atoms with van der Waals surface area (Å²) in [6.07, 6.45) is 5.01. The number of hydrogen-bond acceptors (Lipinski definition) is 5. The molecule has 3 aromatic rings. The molecule has 0 bridgehead atoms. The molecule has 31 heavy (non-hydrogen) atoms. The van der Waals surface area contributed by atoms with Crippen molar-refractivity contribution in [1.82, 2.24) is 20.2 Å². The monoisotopic (exact) mass is 454 g/mol. The Labute approximate surface area is 190 Å². The molecular weight excluding hydrogens is 432 g/mol. The number of hydrogen-bond donors (Lipinski definition) is 1. The van der Waals surface area contributed by atoms with Gasteiger partial charge < -0.3 is 10.2 Å². The lowest BCUT2D eigenvalue weighted by Crippen LogP contribution is -2.45. The second-order valence-electron chi connectivity index (χ2n) is 7.57. The Balaban J connectivity index is 1.41. The molecule has 1 aromatic carbocycles. The highest BCUT2D eigenvalue weighted by atomic mass is 35.5. The molecule has 1 aliphatic heterocycles. The number of piperidine rings is 1. The fourth-order valence-corrected chi connectivity index (χ4v) is 4.92. The van der Waals surface area contributed by atoms with Gasteiger partial charge >= 0.3 is 0 Å². The van der Waals surface area contributed by atoms with Gasteiger partial charge in [0.25, 0.3) is 5.91 Å². The number of carbonyl (C=O) groups is 2. The van der Waals surface area contributed by atoms with Crippen LogP contribution in [0.4, 0.5) is 0 Å². The number of aromatic nitrogens is 2. The Kier molecular flexibility index (Phi) is 6.63. The summed E-state index contributed by atoms with van der Waals surface area (Å²) in [4.78, 5) is 37.0. The molecule has 4 rings (SSSR count). The Bertz CT molecular complexity index is 1090. The summed E-state index contributed by atoms with van der Waals surface area (Å²) in [6.45, 7) is 3.28. The number of aryl methyl sites for hydroxylation is 1. The van der Waals surface area contributed by atoms with Crippen molar-refractivity contribution < 1.29 is 9.59 Å². The van der Waals surface area contributed by atoms with Crippen LogP contribution in [0, 0.1) is 12.8 Å². The number of amides is 2. The SMILES string of the molecule is Cc1nc(-c2cccnc2)sc1C(=O)N1CCCC(C(=O)NCc2ccccc2Cl)C1. The van der Waals surface area contributed by atoms with Crippen molar-refractivity contribution in [2.24, 2.45) is 5.92 Å². The number of carbonyl (C=O) groups excluding carboxylic acids is 2. The van der Waals surface area contributed by atoms with Gasteiger partial charge in [0.05, 0.1) is 11.6 Å². The molecule has 0 saturated carbocycles. The highest BCUT2D eigenvalue weighted by Gasteiger charge is 2.30. The van der Waals surface area contributed by atoms with Gasteiger partial charge in [0, 0.05) is 42.6 Å². The van der Waals surface area contributed by atoms with Crippen molar-refractivity contribution >= 4 is 34.8 Å². The van der Waals surface area contributed by atoms with E-state index in [1.807, 2.05) is 37.3 Å². The van der Waals surface area contributed by atoms with Crippen LogP contribution in [-0.4, -0.2) is 39.8 Å². The first kappa shape index (κ1) is 21.5. The van der Waals surface area contributed by atoms with Crippen LogP contribution in [-0.2, 0) is 11.3 Å². The van der Waals surface area contributed by atoms with Gasteiger partial charge in [-0.1, -0.05) is 29.8 Å². The Morgan fingerprint density at radius 1 is 1.26 bits per heavy atom. The summed E-state index contributed by atoms with van der Waals surface area (Å²) in [5, 5.41) is 4.38. The quantitative estimate of drug-likeness (QED) is 0.622. The van der Waals surface area contributed by atoms with Crippen LogP contribution in [0.1, 0.15) is 33.8 Å². The van der Waals surface area contributed by atoms with Crippen molar-refractivity contribution in [2.45, 2.75) is 26.3 Å². The second-order valence-corrected chi connectivity index (χ2v) is 8.98. The summed E-state index contributed by atoms with van der Waals surface area (Å²) in [5.74, 6) is -0.338. The normalized spacial score (nSPS) is 16.2. The lowest BCUT2D eigenvalue weighted by Gasteiger charge is -2.32. The molecule has 1 fully saturated rings. The third-order valence-corrected chi connectivity index (χ3v) is 6.95. The smallest absolute Gasteiger partial charge is 0.265 e. The maximum Gasteiger partial charge on any atom is 0.265 e. The van der Waals surface area contributed by atoms with E-state index in [0.717, 1.165) is 29.0 Å². The van der Waals surface area contributed by atoms with Crippen molar-refractivity contribution in [3.05, 3.63) is 69.9 Å². The molecule has 1 unspecified atom stereocenters. The van der Waals surface area contributed by atoms with Crippen LogP contribution in [0.2, 0.25) is 5.02 Å². The first-order chi connectivity index (χ1) is 15.0. The Morgan fingerprint density at radius 3 is 2.87 bits per heavy atom. The van der Waals surface area contributed by atoms with E-state index in [4.69, 9.17) is 11.6 Å². The van der Waals surface area contributed by atoms with E-state index in [9.17, 15) is 9.59 Å². The van der Waals surface area contributed by atoms with Crippen LogP contribution < -0.4 is 5.32 Å². The largest absolute Gasteiger partial charge is 0.352 e. The van der Waals surface area contributed by atoms with Crippen LogP contribution in [0.5, 0.6) is 0 Å². The molecule has 0 spiro atoms. The number of pyridine rings is 1. The summed E-state index contributed by atoms with van der Waals surface area (Å²) in [6, 6.07) is 11.2. The fraction of sp³-hybridized carbons (Fsp3) is 0.304. The topological polar surface area (TPSA) is 75.2 Å². The lowest BCUT2D eigenvalue weighted by molar-refractivity contribution is -0.126. The predicted octanol–water partition coefficient (Wildman–Crippen LogP) is 4.34. The van der Waals surface area contributed by atoms with Gasteiger partial charge in [0.2, 0.25) is 5.91 Å². The van der Waals surface area contributed by atoms with Crippen LogP contribution >= 0.6 is 22.9 Å². The molecule has 1 saturated heterocycles. The predicted molar refractivity (Wildman–Crippen MR) is 122 cm³/mol. The van der Waals surface area contributed by atoms with E-state index in [-0.39, 0.29) is 17.7 Å². The number of nitrogens with zero attached hydrogens (tertiary/aromatic N) is 3. The zero-order chi connectivity index (χ0) is 21.8. The molecule has 2 amide bonds. The lowest BCUT2D eigenvalue weighted by atomic mass is 9.96. The molecule has 0 aliphatic carbocycles. The summed E-state index contributed by atoms with van der Waals surface area (Å²) in [5.41, 5.74) is 2.48. The average Bonchev–Trinajstić information content (AvgIpc) is 3.20. The maximum atomic E-state index is 13.2. The minimum atomic E-state index is -0.230. The van der Waals surface area contributed by atoms with Gasteiger partial charge in [-0.2, -0.15) is 0 Å². The third-order valence-electron chi connectivity index (χ3n) is 5.39. The number of nitrogens with one attached hydrogen (secondary N) is 1. The highest BCUT2D eigenvalue weighted by molar-refractivity contribution is 7.17. The van der Waals surface area contributed by atoms with Gasteiger partial charge in [0.15, 0.2) is 0 Å². The Morgan fingerprint density at radius 2 is 2.10 bits per heavy atom. The van der Waals surface area contributed by atoms with Crippen molar-refractivity contribution in [1.29, 1.82) is 0 Å². The number of rotatable bonds is 5. The highest BCUT2D eigenvalue weighted by Crippen LogP contribution is 2.29. The Hall–Kier alpha value is -2.77. The number of likely N-dealkylation sites (tertiary alicyclic amines) is 1. The summed E-state index contributed by atoms with van der Waals surface area (Å²) < 4.78 is 0. The summed E-state index contributed by atoms with van der Waals surface area (Å²) >= 11 is 7.55. The molecule has 1 atom stereocenters. The van der Waals surface area contributed by atoms with E-state index in [1.54, 1.807) is 23.4 Å². The van der Waals surface area contributed by atoms with Crippen LogP contribution in [0.15, 0.2) is 48.8 Å². The number of benzene rings is 1. The molecule has 3 heterocycles. The molecule has 1 N–H and O–H groups in total. The minimum Gasteiger partial charge on any atom is -0.352 e. The van der Waals surface area contributed by atoms with E-state index in [0.29, 0.717) is 35.2 Å². The van der Waals surface area contributed by atoms with Gasteiger partial charge in [-0.15, -0.1) is 11.3 Å². The van der Waals surface area contributed by atoms with Gasteiger partial charge in [-0.25, -0.2) is 4.98 Å². The molecule has 1 aliphatic rings. The molecule has 2 aromatic heterocycles. The van der Waals surface area contributed by atoms with Crippen LogP contribution in [0.3, 0.4) is 0 Å². The van der Waals surface area contributed by atoms with Crippen molar-refractivity contribution in [3.63, 3.8) is 0 Å². The van der Waals surface area contributed by atoms with E-state index in [2.05, 4.69) is 15.3 Å². The van der Waals surface area contributed by atoms with Crippen molar-refractivity contribution in [2.75, 3.05) is 13.1 Å². The number of halogens is 1.